The highest BCUT2D eigenvalue weighted by Crippen LogP contribution is 2.36. The molecule has 0 atom stereocenters. The zero-order valence-corrected chi connectivity index (χ0v) is 24.7. The standard InChI is InChI=1S/C28H33ClN6O4S/c1-28(2,3)35-18-22(26(34-35)19-7-12-23(29)25(17-19)39-5)24-13-16-31-27(33-24)30-14-6-15-32-40(36,37)21-10-8-20(38-4)9-11-21/h7-13,16-18,32H,6,14-15H2,1-5H3,(H,30,31,33). The van der Waals surface area contributed by atoms with Crippen LogP contribution in [-0.2, 0) is 15.6 Å². The Bertz CT molecular complexity index is 1570. The number of ether oxygens (including phenoxy) is 2. The summed E-state index contributed by atoms with van der Waals surface area (Å²) in [5, 5.41) is 8.57. The van der Waals surface area contributed by atoms with Crippen LogP contribution in [0, 0.1) is 0 Å². The summed E-state index contributed by atoms with van der Waals surface area (Å²) < 4.78 is 40.1. The van der Waals surface area contributed by atoms with Crippen molar-refractivity contribution in [3.63, 3.8) is 0 Å². The fourth-order valence-electron chi connectivity index (χ4n) is 3.85. The normalized spacial score (nSPS) is 11.8. The molecule has 0 aliphatic heterocycles. The molecule has 2 heterocycles. The summed E-state index contributed by atoms with van der Waals surface area (Å²) >= 11 is 6.26. The molecule has 2 aromatic heterocycles. The first-order valence-electron chi connectivity index (χ1n) is 12.7. The fraction of sp³-hybridized carbons (Fsp3) is 0.321. The molecule has 0 aliphatic carbocycles. The predicted molar refractivity (Wildman–Crippen MR) is 157 cm³/mol. The Hall–Kier alpha value is -3.67. The van der Waals surface area contributed by atoms with Gasteiger partial charge < -0.3 is 14.8 Å². The van der Waals surface area contributed by atoms with Crippen molar-refractivity contribution >= 4 is 27.6 Å². The van der Waals surface area contributed by atoms with E-state index in [1.165, 1.54) is 19.2 Å². The molecular formula is C28H33ClN6O4S. The van der Waals surface area contributed by atoms with Crippen molar-refractivity contribution in [1.82, 2.24) is 24.5 Å². The third-order valence-electron chi connectivity index (χ3n) is 6.06. The Morgan fingerprint density at radius 1 is 1.00 bits per heavy atom. The monoisotopic (exact) mass is 584 g/mol. The first-order valence-corrected chi connectivity index (χ1v) is 14.5. The van der Waals surface area contributed by atoms with E-state index in [9.17, 15) is 8.42 Å². The number of methoxy groups -OCH3 is 2. The lowest BCUT2D eigenvalue weighted by atomic mass is 10.1. The van der Waals surface area contributed by atoms with Crippen LogP contribution < -0.4 is 19.5 Å². The SMILES string of the molecule is COc1ccc(S(=O)(=O)NCCCNc2nccc(-c3cn(C(C)(C)C)nc3-c3ccc(Cl)c(OC)c3)n2)cc1. The van der Waals surface area contributed by atoms with Gasteiger partial charge in [-0.1, -0.05) is 17.7 Å². The van der Waals surface area contributed by atoms with Crippen LogP contribution in [-0.4, -0.2) is 55.5 Å². The number of aromatic nitrogens is 4. The molecule has 0 fully saturated rings. The number of benzene rings is 2. The van der Waals surface area contributed by atoms with Gasteiger partial charge in [0, 0.05) is 36.6 Å². The van der Waals surface area contributed by atoms with Crippen LogP contribution in [0.3, 0.4) is 0 Å². The molecule has 10 nitrogen and oxygen atoms in total. The van der Waals surface area contributed by atoms with Gasteiger partial charge in [0.05, 0.1) is 35.4 Å². The quantitative estimate of drug-likeness (QED) is 0.230. The highest BCUT2D eigenvalue weighted by atomic mass is 35.5. The minimum absolute atomic E-state index is 0.183. The topological polar surface area (TPSA) is 120 Å². The van der Waals surface area contributed by atoms with Crippen LogP contribution in [0.1, 0.15) is 27.2 Å². The molecule has 0 aliphatic rings. The van der Waals surface area contributed by atoms with Gasteiger partial charge >= 0.3 is 0 Å². The maximum Gasteiger partial charge on any atom is 0.240 e. The fourth-order valence-corrected chi connectivity index (χ4v) is 5.12. The van der Waals surface area contributed by atoms with Crippen LogP contribution in [0.25, 0.3) is 22.5 Å². The first kappa shape index (κ1) is 29.3. The zero-order valence-electron chi connectivity index (χ0n) is 23.1. The van der Waals surface area contributed by atoms with Gasteiger partial charge in [0.15, 0.2) is 0 Å². The molecule has 12 heteroatoms. The minimum atomic E-state index is -3.61. The molecule has 4 aromatic rings. The molecular weight excluding hydrogens is 552 g/mol. The second-order valence-electron chi connectivity index (χ2n) is 9.98. The smallest absolute Gasteiger partial charge is 0.240 e. The van der Waals surface area contributed by atoms with Gasteiger partial charge in [0.1, 0.15) is 17.2 Å². The van der Waals surface area contributed by atoms with Crippen LogP contribution in [0.2, 0.25) is 5.02 Å². The number of anilines is 1. The summed E-state index contributed by atoms with van der Waals surface area (Å²) in [6, 6.07) is 13.6. The van der Waals surface area contributed by atoms with Crippen LogP contribution in [0.4, 0.5) is 5.95 Å². The summed E-state index contributed by atoms with van der Waals surface area (Å²) in [7, 11) is -0.507. The number of hydrogen-bond donors (Lipinski definition) is 2. The minimum Gasteiger partial charge on any atom is -0.497 e. The first-order chi connectivity index (χ1) is 19.0. The van der Waals surface area contributed by atoms with Gasteiger partial charge in [0.2, 0.25) is 16.0 Å². The van der Waals surface area contributed by atoms with Gasteiger partial charge in [-0.2, -0.15) is 5.10 Å². The largest absolute Gasteiger partial charge is 0.497 e. The highest BCUT2D eigenvalue weighted by Gasteiger charge is 2.22. The van der Waals surface area contributed by atoms with Crippen LogP contribution in [0.5, 0.6) is 11.5 Å². The molecule has 2 N–H and O–H groups in total. The van der Waals surface area contributed by atoms with Crippen molar-refractivity contribution in [2.45, 2.75) is 37.6 Å². The molecule has 0 saturated carbocycles. The summed E-state index contributed by atoms with van der Waals surface area (Å²) in [5.74, 6) is 1.58. The van der Waals surface area contributed by atoms with Crippen molar-refractivity contribution in [3.8, 4) is 34.0 Å². The Kier molecular flexibility index (Phi) is 8.97. The molecule has 0 radical (unpaired) electrons. The highest BCUT2D eigenvalue weighted by molar-refractivity contribution is 7.89. The van der Waals surface area contributed by atoms with E-state index < -0.39 is 10.0 Å². The van der Waals surface area contributed by atoms with E-state index in [0.717, 1.165) is 16.8 Å². The Balaban J connectivity index is 1.47. The summed E-state index contributed by atoms with van der Waals surface area (Å²) in [6.07, 6.45) is 4.18. The van der Waals surface area contributed by atoms with E-state index in [2.05, 4.69) is 35.8 Å². The second-order valence-corrected chi connectivity index (χ2v) is 12.1. The molecule has 0 spiro atoms. The van der Waals surface area contributed by atoms with E-state index in [1.54, 1.807) is 31.5 Å². The lowest BCUT2D eigenvalue weighted by Crippen LogP contribution is -2.26. The van der Waals surface area contributed by atoms with Gasteiger partial charge in [0.25, 0.3) is 0 Å². The average Bonchev–Trinajstić information content (AvgIpc) is 3.40. The van der Waals surface area contributed by atoms with E-state index >= 15 is 0 Å². The summed E-state index contributed by atoms with van der Waals surface area (Å²) in [4.78, 5) is 9.23. The number of rotatable bonds is 11. The third kappa shape index (κ3) is 6.90. The molecule has 0 bridgehead atoms. The zero-order chi connectivity index (χ0) is 28.9. The van der Waals surface area contributed by atoms with Gasteiger partial charge in [-0.05, 0) is 69.7 Å². The molecule has 40 heavy (non-hydrogen) atoms. The van der Waals surface area contributed by atoms with E-state index in [0.29, 0.717) is 41.1 Å². The summed E-state index contributed by atoms with van der Waals surface area (Å²) in [6.45, 7) is 6.95. The maximum absolute atomic E-state index is 12.5. The molecule has 0 unspecified atom stereocenters. The molecule has 4 rings (SSSR count). The lowest BCUT2D eigenvalue weighted by Gasteiger charge is -2.18. The van der Waals surface area contributed by atoms with E-state index in [-0.39, 0.29) is 17.0 Å². The summed E-state index contributed by atoms with van der Waals surface area (Å²) in [5.41, 5.74) is 2.85. The lowest BCUT2D eigenvalue weighted by molar-refractivity contribution is 0.356. The van der Waals surface area contributed by atoms with Crippen molar-refractivity contribution in [2.24, 2.45) is 0 Å². The molecule has 2 aromatic carbocycles. The van der Waals surface area contributed by atoms with Crippen molar-refractivity contribution in [2.75, 3.05) is 32.6 Å². The average molecular weight is 585 g/mol. The number of hydrogen-bond acceptors (Lipinski definition) is 8. The van der Waals surface area contributed by atoms with Crippen molar-refractivity contribution in [1.29, 1.82) is 0 Å². The number of nitrogens with zero attached hydrogens (tertiary/aromatic N) is 4. The number of nitrogens with one attached hydrogen (secondary N) is 2. The van der Waals surface area contributed by atoms with Crippen LogP contribution in [0.15, 0.2) is 65.8 Å². The Morgan fingerprint density at radius 3 is 2.42 bits per heavy atom. The Morgan fingerprint density at radius 2 is 1.75 bits per heavy atom. The molecule has 0 amide bonds. The van der Waals surface area contributed by atoms with Gasteiger partial charge in [-0.3, -0.25) is 4.68 Å². The van der Waals surface area contributed by atoms with Gasteiger partial charge in [-0.25, -0.2) is 23.1 Å². The maximum atomic E-state index is 12.5. The van der Waals surface area contributed by atoms with Gasteiger partial charge in [-0.15, -0.1) is 0 Å². The number of halogens is 1. The number of sulfonamides is 1. The van der Waals surface area contributed by atoms with Crippen LogP contribution >= 0.6 is 11.6 Å². The molecule has 212 valence electrons. The van der Waals surface area contributed by atoms with Crippen molar-refractivity contribution in [3.05, 3.63) is 65.9 Å². The second kappa shape index (κ2) is 12.2. The third-order valence-corrected chi connectivity index (χ3v) is 7.85. The molecule has 0 saturated heterocycles. The van der Waals surface area contributed by atoms with E-state index in [1.807, 2.05) is 29.1 Å². The van der Waals surface area contributed by atoms with Crippen molar-refractivity contribution < 1.29 is 17.9 Å². The van der Waals surface area contributed by atoms with E-state index in [4.69, 9.17) is 31.2 Å². The predicted octanol–water partition coefficient (Wildman–Crippen LogP) is 5.21. The Labute approximate surface area is 239 Å².